The maximum Gasteiger partial charge on any atom is 0.0682 e. The number of aliphatic hydroxyl groups excluding tert-OH is 1. The van der Waals surface area contributed by atoms with Crippen LogP contribution >= 0.6 is 0 Å². The van der Waals surface area contributed by atoms with Crippen LogP contribution in [0.5, 0.6) is 0 Å². The Bertz CT molecular complexity index is 693. The van der Waals surface area contributed by atoms with Gasteiger partial charge in [0.15, 0.2) is 0 Å². The molecule has 3 aromatic rings. The van der Waals surface area contributed by atoms with E-state index in [1.54, 1.807) is 6.20 Å². The van der Waals surface area contributed by atoms with Gasteiger partial charge in [-0.1, -0.05) is 48.5 Å². The standard InChI is InChI=1S/C18H15NO/c20-13-14-8-9-17(15-5-2-1-3-6-15)18(11-14)16-7-4-10-19-12-16/h1-12,20H,13H2. The van der Waals surface area contributed by atoms with E-state index in [-0.39, 0.29) is 6.61 Å². The number of pyridine rings is 1. The SMILES string of the molecule is OCc1ccc(-c2ccccc2)c(-c2cccnc2)c1. The van der Waals surface area contributed by atoms with E-state index in [9.17, 15) is 5.11 Å². The molecule has 20 heavy (non-hydrogen) atoms. The molecule has 0 aliphatic carbocycles. The highest BCUT2D eigenvalue weighted by molar-refractivity contribution is 5.83. The summed E-state index contributed by atoms with van der Waals surface area (Å²) in [6.07, 6.45) is 3.62. The molecule has 2 aromatic carbocycles. The normalized spacial score (nSPS) is 10.4. The van der Waals surface area contributed by atoms with Crippen molar-refractivity contribution in [3.8, 4) is 22.3 Å². The third-order valence-electron chi connectivity index (χ3n) is 3.32. The summed E-state index contributed by atoms with van der Waals surface area (Å²) in [5.41, 5.74) is 5.37. The van der Waals surface area contributed by atoms with Gasteiger partial charge in [0, 0.05) is 18.0 Å². The van der Waals surface area contributed by atoms with Gasteiger partial charge < -0.3 is 5.11 Å². The molecule has 0 unspecified atom stereocenters. The molecule has 1 N–H and O–H groups in total. The van der Waals surface area contributed by atoms with Crippen molar-refractivity contribution in [3.63, 3.8) is 0 Å². The molecule has 0 fully saturated rings. The molecule has 0 spiro atoms. The number of hydrogen-bond donors (Lipinski definition) is 1. The summed E-state index contributed by atoms with van der Waals surface area (Å²) in [6, 6.07) is 20.3. The van der Waals surface area contributed by atoms with E-state index >= 15 is 0 Å². The van der Waals surface area contributed by atoms with Gasteiger partial charge in [-0.2, -0.15) is 0 Å². The van der Waals surface area contributed by atoms with Crippen molar-refractivity contribution in [2.75, 3.05) is 0 Å². The summed E-state index contributed by atoms with van der Waals surface area (Å²) in [6.45, 7) is 0.0440. The Hall–Kier alpha value is -2.45. The Morgan fingerprint density at radius 1 is 0.800 bits per heavy atom. The second-order valence-electron chi connectivity index (χ2n) is 4.65. The summed E-state index contributed by atoms with van der Waals surface area (Å²) in [4.78, 5) is 4.19. The van der Waals surface area contributed by atoms with Crippen LogP contribution in [0.1, 0.15) is 5.56 Å². The van der Waals surface area contributed by atoms with Gasteiger partial charge >= 0.3 is 0 Å². The number of benzene rings is 2. The Labute approximate surface area is 118 Å². The van der Waals surface area contributed by atoms with Crippen LogP contribution in [0.25, 0.3) is 22.3 Å². The van der Waals surface area contributed by atoms with Gasteiger partial charge in [-0.25, -0.2) is 0 Å². The lowest BCUT2D eigenvalue weighted by molar-refractivity contribution is 0.282. The predicted molar refractivity (Wildman–Crippen MR) is 81.0 cm³/mol. The number of hydrogen-bond acceptors (Lipinski definition) is 2. The molecule has 0 amide bonds. The highest BCUT2D eigenvalue weighted by atomic mass is 16.3. The summed E-state index contributed by atoms with van der Waals surface area (Å²) in [5, 5.41) is 9.35. The van der Waals surface area contributed by atoms with Gasteiger partial charge in [0.25, 0.3) is 0 Å². The van der Waals surface area contributed by atoms with Crippen LogP contribution in [-0.2, 0) is 6.61 Å². The van der Waals surface area contributed by atoms with E-state index in [1.165, 1.54) is 0 Å². The molecule has 3 rings (SSSR count). The molecule has 0 atom stereocenters. The third kappa shape index (κ3) is 2.46. The number of nitrogens with zero attached hydrogens (tertiary/aromatic N) is 1. The number of aromatic nitrogens is 1. The molecular formula is C18H15NO. The van der Waals surface area contributed by atoms with Gasteiger partial charge in [-0.05, 0) is 34.4 Å². The molecule has 98 valence electrons. The molecule has 0 radical (unpaired) electrons. The minimum atomic E-state index is 0.0440. The van der Waals surface area contributed by atoms with Crippen molar-refractivity contribution in [3.05, 3.63) is 78.6 Å². The summed E-state index contributed by atoms with van der Waals surface area (Å²) < 4.78 is 0. The molecule has 0 saturated heterocycles. The van der Waals surface area contributed by atoms with Gasteiger partial charge in [0.05, 0.1) is 6.61 Å². The minimum Gasteiger partial charge on any atom is -0.392 e. The second-order valence-corrected chi connectivity index (χ2v) is 4.65. The fourth-order valence-electron chi connectivity index (χ4n) is 2.32. The number of rotatable bonds is 3. The van der Waals surface area contributed by atoms with Crippen molar-refractivity contribution in [2.24, 2.45) is 0 Å². The molecule has 2 heteroatoms. The zero-order valence-electron chi connectivity index (χ0n) is 11.0. The maximum atomic E-state index is 9.35. The fraction of sp³-hybridized carbons (Fsp3) is 0.0556. The minimum absolute atomic E-state index is 0.0440. The van der Waals surface area contributed by atoms with E-state index < -0.39 is 0 Å². The van der Waals surface area contributed by atoms with E-state index in [1.807, 2.05) is 48.7 Å². The summed E-state index contributed by atoms with van der Waals surface area (Å²) >= 11 is 0. The van der Waals surface area contributed by atoms with Crippen molar-refractivity contribution >= 4 is 0 Å². The Morgan fingerprint density at radius 3 is 2.30 bits per heavy atom. The van der Waals surface area contributed by atoms with Crippen LogP contribution in [0.3, 0.4) is 0 Å². The quantitative estimate of drug-likeness (QED) is 0.775. The van der Waals surface area contributed by atoms with E-state index in [4.69, 9.17) is 0 Å². The van der Waals surface area contributed by atoms with Gasteiger partial charge in [-0.15, -0.1) is 0 Å². The average molecular weight is 261 g/mol. The van der Waals surface area contributed by atoms with Gasteiger partial charge in [-0.3, -0.25) is 4.98 Å². The average Bonchev–Trinajstić information content (AvgIpc) is 2.56. The lowest BCUT2D eigenvalue weighted by Crippen LogP contribution is -1.90. The first kappa shape index (κ1) is 12.6. The van der Waals surface area contributed by atoms with Gasteiger partial charge in [0.1, 0.15) is 0 Å². The van der Waals surface area contributed by atoms with E-state index in [0.717, 1.165) is 27.8 Å². The second kappa shape index (κ2) is 5.68. The topological polar surface area (TPSA) is 33.1 Å². The largest absolute Gasteiger partial charge is 0.392 e. The molecule has 0 saturated carbocycles. The van der Waals surface area contributed by atoms with Crippen LogP contribution in [0, 0.1) is 0 Å². The smallest absolute Gasteiger partial charge is 0.0682 e. The molecular weight excluding hydrogens is 246 g/mol. The first-order valence-electron chi connectivity index (χ1n) is 6.58. The summed E-state index contributed by atoms with van der Waals surface area (Å²) in [7, 11) is 0. The van der Waals surface area contributed by atoms with E-state index in [2.05, 4.69) is 23.2 Å². The first-order chi connectivity index (χ1) is 9.88. The lowest BCUT2D eigenvalue weighted by atomic mass is 9.94. The number of aliphatic hydroxyl groups is 1. The van der Waals surface area contributed by atoms with Crippen molar-refractivity contribution in [1.82, 2.24) is 4.98 Å². The van der Waals surface area contributed by atoms with Crippen LogP contribution in [0.4, 0.5) is 0 Å². The Kier molecular flexibility index (Phi) is 3.57. The molecule has 0 aliphatic heterocycles. The Balaban J connectivity index is 2.20. The molecule has 0 bridgehead atoms. The summed E-state index contributed by atoms with van der Waals surface area (Å²) in [5.74, 6) is 0. The first-order valence-corrected chi connectivity index (χ1v) is 6.58. The van der Waals surface area contributed by atoms with Crippen LogP contribution in [0.15, 0.2) is 73.1 Å². The van der Waals surface area contributed by atoms with Gasteiger partial charge in [0.2, 0.25) is 0 Å². The third-order valence-corrected chi connectivity index (χ3v) is 3.32. The molecule has 1 aromatic heterocycles. The zero-order chi connectivity index (χ0) is 13.8. The molecule has 0 aliphatic rings. The lowest BCUT2D eigenvalue weighted by Gasteiger charge is -2.11. The van der Waals surface area contributed by atoms with Crippen LogP contribution in [0.2, 0.25) is 0 Å². The highest BCUT2D eigenvalue weighted by Gasteiger charge is 2.08. The zero-order valence-corrected chi connectivity index (χ0v) is 11.0. The fourth-order valence-corrected chi connectivity index (χ4v) is 2.32. The molecule has 1 heterocycles. The highest BCUT2D eigenvalue weighted by Crippen LogP contribution is 2.32. The van der Waals surface area contributed by atoms with Crippen molar-refractivity contribution in [2.45, 2.75) is 6.61 Å². The monoisotopic (exact) mass is 261 g/mol. The Morgan fingerprint density at radius 2 is 1.60 bits per heavy atom. The van der Waals surface area contributed by atoms with Crippen LogP contribution in [-0.4, -0.2) is 10.1 Å². The van der Waals surface area contributed by atoms with Crippen molar-refractivity contribution < 1.29 is 5.11 Å². The maximum absolute atomic E-state index is 9.35. The predicted octanol–water partition coefficient (Wildman–Crippen LogP) is 3.91. The molecule has 2 nitrogen and oxygen atoms in total. The van der Waals surface area contributed by atoms with Crippen LogP contribution < -0.4 is 0 Å². The van der Waals surface area contributed by atoms with E-state index in [0.29, 0.717) is 0 Å². The van der Waals surface area contributed by atoms with Crippen molar-refractivity contribution in [1.29, 1.82) is 0 Å².